The molecule has 3 N–H and O–H groups in total. The van der Waals surface area contributed by atoms with Crippen LogP contribution in [0.5, 0.6) is 0 Å². The van der Waals surface area contributed by atoms with Crippen molar-refractivity contribution in [1.82, 2.24) is 5.32 Å². The SMILES string of the molecule is CCCCC/C=C\C/C=C\CCCCCCCCCCCC(=O)OCCCCCCCCCCCCCC/C=C\CCCCCCCCCCCCCCCC(=O)NC(CO)C(O)CCCCCCCCCCCCCCCCCCCCCCCC. The van der Waals surface area contributed by atoms with Crippen LogP contribution >= 0.6 is 0 Å². The molecule has 87 heavy (non-hydrogen) atoms. The molecule has 0 aliphatic carbocycles. The molecule has 0 aromatic heterocycles. The average molecular weight is 1220 g/mol. The summed E-state index contributed by atoms with van der Waals surface area (Å²) in [7, 11) is 0. The molecule has 0 aromatic rings. The monoisotopic (exact) mass is 1220 g/mol. The smallest absolute Gasteiger partial charge is 0.305 e. The van der Waals surface area contributed by atoms with E-state index in [1.54, 1.807) is 0 Å². The van der Waals surface area contributed by atoms with E-state index in [9.17, 15) is 19.8 Å². The van der Waals surface area contributed by atoms with Crippen molar-refractivity contribution in [2.24, 2.45) is 0 Å². The van der Waals surface area contributed by atoms with Gasteiger partial charge in [-0.05, 0) is 83.5 Å². The van der Waals surface area contributed by atoms with E-state index in [-0.39, 0.29) is 18.5 Å². The van der Waals surface area contributed by atoms with E-state index in [2.05, 4.69) is 55.6 Å². The van der Waals surface area contributed by atoms with Gasteiger partial charge in [-0.15, -0.1) is 0 Å². The van der Waals surface area contributed by atoms with Crippen molar-refractivity contribution in [3.8, 4) is 0 Å². The molecule has 6 heteroatoms. The Hall–Kier alpha value is -1.92. The second-order valence-electron chi connectivity index (χ2n) is 27.4. The molecule has 514 valence electrons. The summed E-state index contributed by atoms with van der Waals surface area (Å²) in [5.74, 6) is -0.0155. The Morgan fingerprint density at radius 2 is 0.575 bits per heavy atom. The summed E-state index contributed by atoms with van der Waals surface area (Å²) in [5.41, 5.74) is 0. The van der Waals surface area contributed by atoms with Crippen molar-refractivity contribution in [1.29, 1.82) is 0 Å². The third-order valence-electron chi connectivity index (χ3n) is 18.7. The minimum absolute atomic E-state index is 0.0136. The lowest BCUT2D eigenvalue weighted by molar-refractivity contribution is -0.143. The van der Waals surface area contributed by atoms with Gasteiger partial charge >= 0.3 is 5.97 Å². The van der Waals surface area contributed by atoms with Gasteiger partial charge in [-0.25, -0.2) is 0 Å². The van der Waals surface area contributed by atoms with Crippen LogP contribution in [0.3, 0.4) is 0 Å². The predicted octanol–water partition coefficient (Wildman–Crippen LogP) is 26.2. The lowest BCUT2D eigenvalue weighted by Gasteiger charge is -2.22. The summed E-state index contributed by atoms with van der Waals surface area (Å²) in [4.78, 5) is 24.7. The molecule has 0 saturated carbocycles. The molecule has 0 aliphatic heterocycles. The highest BCUT2D eigenvalue weighted by Crippen LogP contribution is 2.20. The molecule has 0 spiro atoms. The molecule has 0 heterocycles. The van der Waals surface area contributed by atoms with Crippen LogP contribution in [0.1, 0.15) is 444 Å². The van der Waals surface area contributed by atoms with E-state index in [0.717, 1.165) is 51.4 Å². The van der Waals surface area contributed by atoms with Crippen LogP contribution in [0.4, 0.5) is 0 Å². The topological polar surface area (TPSA) is 95.9 Å². The van der Waals surface area contributed by atoms with E-state index in [0.29, 0.717) is 25.9 Å². The Bertz CT molecular complexity index is 1410. The van der Waals surface area contributed by atoms with Gasteiger partial charge in [0.1, 0.15) is 0 Å². The van der Waals surface area contributed by atoms with E-state index in [1.165, 1.54) is 360 Å². The Balaban J connectivity index is 3.37. The summed E-state index contributed by atoms with van der Waals surface area (Å²) < 4.78 is 5.51. The van der Waals surface area contributed by atoms with Crippen molar-refractivity contribution >= 4 is 11.9 Å². The number of carbonyl (C=O) groups excluding carboxylic acids is 2. The number of ether oxygens (including phenoxy) is 1. The second kappa shape index (κ2) is 76.5. The molecule has 2 unspecified atom stereocenters. The second-order valence-corrected chi connectivity index (χ2v) is 27.4. The van der Waals surface area contributed by atoms with E-state index in [4.69, 9.17) is 4.74 Å². The fourth-order valence-corrected chi connectivity index (χ4v) is 12.6. The maximum Gasteiger partial charge on any atom is 0.305 e. The van der Waals surface area contributed by atoms with Crippen LogP contribution in [0.2, 0.25) is 0 Å². The number of carbonyl (C=O) groups is 2. The van der Waals surface area contributed by atoms with E-state index >= 15 is 0 Å². The van der Waals surface area contributed by atoms with Crippen LogP contribution in [0.15, 0.2) is 36.5 Å². The first-order chi connectivity index (χ1) is 43.0. The summed E-state index contributed by atoms with van der Waals surface area (Å²) in [5, 5.41) is 23.5. The Kier molecular flexibility index (Phi) is 74.8. The highest BCUT2D eigenvalue weighted by Gasteiger charge is 2.20. The molecule has 0 saturated heterocycles. The van der Waals surface area contributed by atoms with Gasteiger partial charge in [0.05, 0.1) is 25.4 Å². The molecule has 0 fully saturated rings. The summed E-state index contributed by atoms with van der Waals surface area (Å²) in [6.07, 6.45) is 99.4. The Labute approximate surface area is 544 Å². The average Bonchev–Trinajstić information content (AvgIpc) is 3.52. The molecular weight excluding hydrogens is 1070 g/mol. The van der Waals surface area contributed by atoms with Crippen molar-refractivity contribution in [3.05, 3.63) is 36.5 Å². The largest absolute Gasteiger partial charge is 0.466 e. The third kappa shape index (κ3) is 73.0. The van der Waals surface area contributed by atoms with Crippen LogP contribution < -0.4 is 5.32 Å². The predicted molar refractivity (Wildman–Crippen MR) is 384 cm³/mol. The molecule has 6 nitrogen and oxygen atoms in total. The minimum Gasteiger partial charge on any atom is -0.466 e. The maximum absolute atomic E-state index is 12.6. The zero-order valence-electron chi connectivity index (χ0n) is 59.0. The number of amides is 1. The number of aliphatic hydroxyl groups excluding tert-OH is 2. The van der Waals surface area contributed by atoms with E-state index < -0.39 is 12.1 Å². The molecule has 0 aromatic carbocycles. The number of unbranched alkanes of at least 4 members (excludes halogenated alkanes) is 58. The standard InChI is InChI=1S/C81H155NO5/c1-3-5-7-9-11-13-15-17-19-21-23-24-34-38-41-45-49-53-57-61-65-69-73-79(84)78(77-83)82-80(85)74-70-66-62-58-54-50-46-42-39-35-32-30-28-26-25-27-29-31-33-36-40-44-48-52-56-60-64-68-72-76-87-81(86)75-71-67-63-59-55-51-47-43-37-22-20-18-16-14-12-10-8-6-4-2/h12,14,18,20,25,27,78-79,83-84H,3-11,13,15-17,19,21-24,26,28-77H2,1-2H3,(H,82,85)/b14-12-,20-18-,27-25-. The highest BCUT2D eigenvalue weighted by atomic mass is 16.5. The Morgan fingerprint density at radius 3 is 0.908 bits per heavy atom. The fraction of sp³-hybridized carbons (Fsp3) is 0.901. The van der Waals surface area contributed by atoms with Gasteiger partial charge in [0.15, 0.2) is 0 Å². The van der Waals surface area contributed by atoms with Gasteiger partial charge in [-0.1, -0.05) is 384 Å². The number of rotatable bonds is 75. The molecule has 0 radical (unpaired) electrons. The van der Waals surface area contributed by atoms with Crippen LogP contribution in [-0.2, 0) is 14.3 Å². The first kappa shape index (κ1) is 85.1. The van der Waals surface area contributed by atoms with Gasteiger partial charge in [-0.2, -0.15) is 0 Å². The van der Waals surface area contributed by atoms with Crippen LogP contribution in [0, 0.1) is 0 Å². The van der Waals surface area contributed by atoms with Gasteiger partial charge < -0.3 is 20.3 Å². The fourth-order valence-electron chi connectivity index (χ4n) is 12.6. The van der Waals surface area contributed by atoms with Crippen molar-refractivity contribution < 1.29 is 24.5 Å². The van der Waals surface area contributed by atoms with Crippen molar-refractivity contribution in [2.75, 3.05) is 13.2 Å². The lowest BCUT2D eigenvalue weighted by Crippen LogP contribution is -2.45. The molecule has 1 amide bonds. The van der Waals surface area contributed by atoms with Gasteiger partial charge in [0.2, 0.25) is 5.91 Å². The number of nitrogens with one attached hydrogen (secondary N) is 1. The molecule has 0 aliphatic rings. The molecule has 2 atom stereocenters. The van der Waals surface area contributed by atoms with Crippen LogP contribution in [0.25, 0.3) is 0 Å². The first-order valence-electron chi connectivity index (χ1n) is 39.7. The van der Waals surface area contributed by atoms with Gasteiger partial charge in [0.25, 0.3) is 0 Å². The quantitative estimate of drug-likeness (QED) is 0.0320. The highest BCUT2D eigenvalue weighted by molar-refractivity contribution is 5.76. The van der Waals surface area contributed by atoms with Crippen molar-refractivity contribution in [2.45, 2.75) is 456 Å². The minimum atomic E-state index is -0.665. The Morgan fingerprint density at radius 1 is 0.322 bits per heavy atom. The van der Waals surface area contributed by atoms with Crippen molar-refractivity contribution in [3.63, 3.8) is 0 Å². The summed E-state index contributed by atoms with van der Waals surface area (Å²) in [6.45, 7) is 4.97. The number of allylic oxidation sites excluding steroid dienone is 6. The first-order valence-corrected chi connectivity index (χ1v) is 39.7. The zero-order chi connectivity index (χ0) is 62.8. The number of hydrogen-bond donors (Lipinski definition) is 3. The zero-order valence-corrected chi connectivity index (χ0v) is 59.0. The summed E-state index contributed by atoms with van der Waals surface area (Å²) >= 11 is 0. The van der Waals surface area contributed by atoms with Gasteiger partial charge in [0, 0.05) is 12.8 Å². The third-order valence-corrected chi connectivity index (χ3v) is 18.7. The lowest BCUT2D eigenvalue weighted by atomic mass is 10.0. The van der Waals surface area contributed by atoms with E-state index in [1.807, 2.05) is 0 Å². The summed E-state index contributed by atoms with van der Waals surface area (Å²) in [6, 6.07) is -0.542. The molecular formula is C81H155NO5. The number of esters is 1. The number of aliphatic hydroxyl groups is 2. The maximum atomic E-state index is 12.6. The van der Waals surface area contributed by atoms with Crippen LogP contribution in [-0.4, -0.2) is 47.4 Å². The molecule has 0 bridgehead atoms. The molecule has 0 rings (SSSR count). The normalized spacial score (nSPS) is 12.6. The van der Waals surface area contributed by atoms with Gasteiger partial charge in [-0.3, -0.25) is 9.59 Å². The number of hydrogen-bond acceptors (Lipinski definition) is 5.